The maximum Gasteiger partial charge on any atom is 0.350 e. The molecular formula is C20H26ClN5O4S. The second kappa shape index (κ2) is 10.3. The predicted molar refractivity (Wildman–Crippen MR) is 120 cm³/mol. The summed E-state index contributed by atoms with van der Waals surface area (Å²) in [6.07, 6.45) is 2.58. The van der Waals surface area contributed by atoms with Crippen molar-refractivity contribution in [2.45, 2.75) is 38.8 Å². The molecule has 0 aromatic carbocycles. The van der Waals surface area contributed by atoms with Gasteiger partial charge in [0.05, 0.1) is 30.1 Å². The van der Waals surface area contributed by atoms with E-state index < -0.39 is 5.97 Å². The summed E-state index contributed by atoms with van der Waals surface area (Å²) in [5, 5.41) is 3.99. The Morgan fingerprint density at radius 2 is 2.19 bits per heavy atom. The molecule has 2 N–H and O–H groups in total. The van der Waals surface area contributed by atoms with E-state index in [1.165, 1.54) is 11.3 Å². The molecule has 2 aromatic heterocycles. The highest BCUT2D eigenvalue weighted by molar-refractivity contribution is 7.17. The first-order chi connectivity index (χ1) is 14.9. The lowest BCUT2D eigenvalue weighted by atomic mass is 10.0. The molecule has 1 amide bonds. The van der Waals surface area contributed by atoms with Crippen molar-refractivity contribution < 1.29 is 19.1 Å². The summed E-state index contributed by atoms with van der Waals surface area (Å²) >= 11 is 7.31. The molecule has 1 saturated heterocycles. The van der Waals surface area contributed by atoms with E-state index in [1.807, 2.05) is 11.8 Å². The van der Waals surface area contributed by atoms with Gasteiger partial charge in [-0.25, -0.2) is 14.8 Å². The molecule has 31 heavy (non-hydrogen) atoms. The first-order valence-corrected chi connectivity index (χ1v) is 11.2. The number of H-pyrrole nitrogens is 1. The zero-order chi connectivity index (χ0) is 22.5. The number of aromatic nitrogens is 3. The van der Waals surface area contributed by atoms with Gasteiger partial charge in [-0.1, -0.05) is 36.4 Å². The number of aryl methyl sites for hydroxylation is 1. The molecule has 0 bridgehead atoms. The van der Waals surface area contributed by atoms with Crippen LogP contribution in [-0.4, -0.2) is 65.8 Å². The van der Waals surface area contributed by atoms with Gasteiger partial charge in [-0.15, -0.1) is 0 Å². The average Bonchev–Trinajstić information content (AvgIpc) is 3.37. The molecule has 11 heteroatoms. The second-order valence-electron chi connectivity index (χ2n) is 6.93. The molecule has 168 valence electrons. The van der Waals surface area contributed by atoms with Gasteiger partial charge < -0.3 is 24.7 Å². The first kappa shape index (κ1) is 23.2. The van der Waals surface area contributed by atoms with Crippen molar-refractivity contribution >= 4 is 46.0 Å². The second-order valence-corrected chi connectivity index (χ2v) is 8.27. The van der Waals surface area contributed by atoms with Crippen LogP contribution in [0.25, 0.3) is 6.08 Å². The molecule has 3 heterocycles. The smallest absolute Gasteiger partial charge is 0.350 e. The number of aromatic amines is 1. The number of nitrogens with zero attached hydrogens (tertiary/aromatic N) is 3. The van der Waals surface area contributed by atoms with E-state index in [1.54, 1.807) is 20.1 Å². The summed E-state index contributed by atoms with van der Waals surface area (Å²) < 4.78 is 10.8. The highest BCUT2D eigenvalue weighted by atomic mass is 35.5. The van der Waals surface area contributed by atoms with E-state index in [0.29, 0.717) is 53.4 Å². The maximum atomic E-state index is 12.6. The van der Waals surface area contributed by atoms with Crippen molar-refractivity contribution in [3.05, 3.63) is 33.8 Å². The third-order valence-corrected chi connectivity index (χ3v) is 6.47. The van der Waals surface area contributed by atoms with E-state index in [-0.39, 0.29) is 23.9 Å². The van der Waals surface area contributed by atoms with Crippen LogP contribution in [0.4, 0.5) is 5.13 Å². The summed E-state index contributed by atoms with van der Waals surface area (Å²) in [4.78, 5) is 38.9. The lowest BCUT2D eigenvalue weighted by Crippen LogP contribution is -2.55. The van der Waals surface area contributed by atoms with Crippen LogP contribution in [0.1, 0.15) is 51.9 Å². The largest absolute Gasteiger partial charge is 0.462 e. The van der Waals surface area contributed by atoms with Crippen molar-refractivity contribution in [3.8, 4) is 0 Å². The monoisotopic (exact) mass is 467 g/mol. The number of imidazole rings is 1. The molecule has 1 fully saturated rings. The minimum absolute atomic E-state index is 0.189. The molecule has 1 aliphatic heterocycles. The topological polar surface area (TPSA) is 109 Å². The van der Waals surface area contributed by atoms with Crippen LogP contribution in [0.3, 0.4) is 0 Å². The molecule has 2 atom stereocenters. The fraction of sp³-hybridized carbons (Fsp3) is 0.500. The number of anilines is 1. The van der Waals surface area contributed by atoms with Crippen molar-refractivity contribution in [2.75, 3.05) is 31.7 Å². The van der Waals surface area contributed by atoms with E-state index in [9.17, 15) is 9.59 Å². The number of hydrogen-bond acceptors (Lipinski definition) is 8. The Bertz CT molecular complexity index is 960. The average molecular weight is 468 g/mol. The van der Waals surface area contributed by atoms with Gasteiger partial charge in [0.15, 0.2) is 16.1 Å². The van der Waals surface area contributed by atoms with E-state index in [2.05, 4.69) is 26.8 Å². The van der Waals surface area contributed by atoms with E-state index in [4.69, 9.17) is 21.1 Å². The molecule has 9 nitrogen and oxygen atoms in total. The summed E-state index contributed by atoms with van der Waals surface area (Å²) in [6.45, 7) is 8.86. The Morgan fingerprint density at radius 3 is 2.81 bits per heavy atom. The third kappa shape index (κ3) is 5.08. The molecule has 3 rings (SSSR count). The van der Waals surface area contributed by atoms with Gasteiger partial charge in [-0.2, -0.15) is 0 Å². The Labute approximate surface area is 189 Å². The highest BCUT2D eigenvalue weighted by Crippen LogP contribution is 2.30. The van der Waals surface area contributed by atoms with Crippen molar-refractivity contribution in [2.24, 2.45) is 0 Å². The Kier molecular flexibility index (Phi) is 7.69. The van der Waals surface area contributed by atoms with Crippen LogP contribution in [0.2, 0.25) is 5.15 Å². The van der Waals surface area contributed by atoms with Crippen molar-refractivity contribution in [3.63, 3.8) is 0 Å². The van der Waals surface area contributed by atoms with Crippen LogP contribution in [-0.2, 0) is 15.9 Å². The molecule has 0 aliphatic carbocycles. The fourth-order valence-electron chi connectivity index (χ4n) is 3.40. The van der Waals surface area contributed by atoms with Gasteiger partial charge >= 0.3 is 5.97 Å². The zero-order valence-electron chi connectivity index (χ0n) is 17.7. The van der Waals surface area contributed by atoms with Crippen molar-refractivity contribution in [1.29, 1.82) is 0 Å². The number of methoxy groups -OCH3 is 1. The summed E-state index contributed by atoms with van der Waals surface area (Å²) in [5.41, 5.74) is 1.23. The molecule has 0 unspecified atom stereocenters. The van der Waals surface area contributed by atoms with Crippen LogP contribution < -0.4 is 10.2 Å². The quantitative estimate of drug-likeness (QED) is 0.574. The zero-order valence-corrected chi connectivity index (χ0v) is 19.3. The summed E-state index contributed by atoms with van der Waals surface area (Å²) in [7, 11) is 1.60. The molecule has 0 saturated carbocycles. The minimum atomic E-state index is -0.407. The van der Waals surface area contributed by atoms with Gasteiger partial charge in [-0.3, -0.25) is 4.79 Å². The van der Waals surface area contributed by atoms with Crippen LogP contribution in [0.5, 0.6) is 0 Å². The minimum Gasteiger partial charge on any atom is -0.462 e. The number of thiazole rings is 1. The number of hydrogen-bond donors (Lipinski definition) is 2. The highest BCUT2D eigenvalue weighted by Gasteiger charge is 2.33. The van der Waals surface area contributed by atoms with E-state index in [0.717, 1.165) is 5.69 Å². The summed E-state index contributed by atoms with van der Waals surface area (Å²) in [5.74, 6) is -0.543. The lowest BCUT2D eigenvalue weighted by Gasteiger charge is -2.37. The molecular weight excluding hydrogens is 442 g/mol. The molecule has 1 aliphatic rings. The number of carbonyl (C=O) groups excluding carboxylic acids is 2. The number of halogens is 1. The number of esters is 1. The standard InChI is InChI=1S/C20H26ClN5O4S/c1-5-11-15(19(28)30-7-3)31-20(24-11)26-9-8-13(14(10-26)29-4)23-18(27)17-22-12(6-2)16(21)25-17/h5,13-14H,1,6-10H2,2-4H3,(H,22,25)(H,23,27)/t13-,14+/m1/s1. The van der Waals surface area contributed by atoms with Crippen LogP contribution in [0.15, 0.2) is 6.58 Å². The SMILES string of the molecule is C=Cc1nc(N2CC[C@@H](NC(=O)c3nc(Cl)c(CC)[nH]3)[C@@H](OC)C2)sc1C(=O)OCC. The number of carbonyl (C=O) groups is 2. The number of nitrogens with one attached hydrogen (secondary N) is 2. The number of amides is 1. The normalized spacial score (nSPS) is 18.6. The number of rotatable bonds is 8. The predicted octanol–water partition coefficient (Wildman–Crippen LogP) is 2.93. The first-order valence-electron chi connectivity index (χ1n) is 10.0. The van der Waals surface area contributed by atoms with Crippen molar-refractivity contribution in [1.82, 2.24) is 20.3 Å². The summed E-state index contributed by atoms with van der Waals surface area (Å²) in [6, 6.07) is -0.203. The third-order valence-electron chi connectivity index (χ3n) is 5.04. The molecule has 0 spiro atoms. The van der Waals surface area contributed by atoms with Gasteiger partial charge in [0.25, 0.3) is 5.91 Å². The van der Waals surface area contributed by atoms with Gasteiger partial charge in [0.1, 0.15) is 4.88 Å². The van der Waals surface area contributed by atoms with Gasteiger partial charge in [0, 0.05) is 20.2 Å². The van der Waals surface area contributed by atoms with Gasteiger partial charge in [-0.05, 0) is 25.8 Å². The van der Waals surface area contributed by atoms with Crippen LogP contribution >= 0.6 is 22.9 Å². The number of ether oxygens (including phenoxy) is 2. The maximum absolute atomic E-state index is 12.6. The molecule has 2 aromatic rings. The fourth-order valence-corrected chi connectivity index (χ4v) is 4.66. The Morgan fingerprint density at radius 1 is 1.42 bits per heavy atom. The Hall–Kier alpha value is -2.43. The van der Waals surface area contributed by atoms with Gasteiger partial charge in [0.2, 0.25) is 0 Å². The number of piperidine rings is 1. The van der Waals surface area contributed by atoms with Crippen LogP contribution in [0, 0.1) is 0 Å². The lowest BCUT2D eigenvalue weighted by molar-refractivity contribution is 0.0530. The van der Waals surface area contributed by atoms with E-state index >= 15 is 0 Å². The molecule has 0 radical (unpaired) electrons. The Balaban J connectivity index is 1.70.